The Hall–Kier alpha value is -0.620. The van der Waals surface area contributed by atoms with E-state index in [0.29, 0.717) is 19.4 Å². The second-order valence-corrected chi connectivity index (χ2v) is 6.92. The number of allylic oxidation sites excluding steroid dienone is 1. The third kappa shape index (κ3) is 13.8. The van der Waals surface area contributed by atoms with Crippen LogP contribution in [0.4, 0.5) is 0 Å². The summed E-state index contributed by atoms with van der Waals surface area (Å²) < 4.78 is 0. The molecule has 0 unspecified atom stereocenters. The second kappa shape index (κ2) is 14.8. The Morgan fingerprint density at radius 1 is 1.05 bits per heavy atom. The zero-order valence-electron chi connectivity index (χ0n) is 12.4. The highest BCUT2D eigenvalue weighted by Crippen LogP contribution is 2.22. The van der Waals surface area contributed by atoms with Gasteiger partial charge in [0.15, 0.2) is 0 Å². The summed E-state index contributed by atoms with van der Waals surface area (Å²) in [5, 5.41) is 5.70. The lowest BCUT2D eigenvalue weighted by Crippen LogP contribution is -2.24. The van der Waals surface area contributed by atoms with Crippen molar-refractivity contribution in [3.8, 4) is 0 Å². The van der Waals surface area contributed by atoms with Gasteiger partial charge in [0, 0.05) is 37.4 Å². The summed E-state index contributed by atoms with van der Waals surface area (Å²) in [6, 6.07) is 0. The number of hydrogen-bond donors (Lipinski definition) is 2. The minimum atomic E-state index is 0.0773. The summed E-state index contributed by atoms with van der Waals surface area (Å²) >= 11 is 0. The fourth-order valence-corrected chi connectivity index (χ4v) is 3.24. The quantitative estimate of drug-likeness (QED) is 0.330. The minimum Gasteiger partial charge on any atom is -0.356 e. The second-order valence-electron chi connectivity index (χ2n) is 4.22. The highest BCUT2D eigenvalue weighted by atomic mass is 33.1. The summed E-state index contributed by atoms with van der Waals surface area (Å²) in [4.78, 5) is 22.8. The predicted octanol–water partition coefficient (Wildman–Crippen LogP) is 2.76. The van der Waals surface area contributed by atoms with Crippen molar-refractivity contribution >= 4 is 33.4 Å². The molecule has 4 nitrogen and oxygen atoms in total. The number of amides is 2. The van der Waals surface area contributed by atoms with E-state index in [1.807, 2.05) is 19.1 Å². The molecule has 20 heavy (non-hydrogen) atoms. The highest BCUT2D eigenvalue weighted by molar-refractivity contribution is 8.76. The molecule has 0 rings (SSSR count). The molecule has 0 aromatic heterocycles. The van der Waals surface area contributed by atoms with Gasteiger partial charge in [-0.15, -0.1) is 0 Å². The van der Waals surface area contributed by atoms with Crippen LogP contribution in [0.3, 0.4) is 0 Å². The summed E-state index contributed by atoms with van der Waals surface area (Å²) in [7, 11) is 3.30. The van der Waals surface area contributed by atoms with Crippen LogP contribution in [0.1, 0.15) is 39.5 Å². The molecule has 0 aliphatic heterocycles. The van der Waals surface area contributed by atoms with Gasteiger partial charge >= 0.3 is 0 Å². The maximum Gasteiger partial charge on any atom is 0.221 e. The van der Waals surface area contributed by atoms with Crippen molar-refractivity contribution in [1.29, 1.82) is 0 Å². The summed E-state index contributed by atoms with van der Waals surface area (Å²) in [6.45, 7) is 5.41. The Bertz CT molecular complexity index is 297. The molecule has 0 aromatic carbocycles. The van der Waals surface area contributed by atoms with E-state index >= 15 is 0 Å². The third-order valence-electron chi connectivity index (χ3n) is 2.41. The van der Waals surface area contributed by atoms with Crippen LogP contribution >= 0.6 is 21.6 Å². The van der Waals surface area contributed by atoms with Crippen molar-refractivity contribution in [2.75, 3.05) is 24.6 Å². The van der Waals surface area contributed by atoms with Gasteiger partial charge < -0.3 is 10.6 Å². The number of carbonyl (C=O) groups is 2. The molecular formula is C14H26N2O2S2. The van der Waals surface area contributed by atoms with Crippen LogP contribution in [0.15, 0.2) is 12.2 Å². The molecule has 0 saturated carbocycles. The van der Waals surface area contributed by atoms with Crippen molar-refractivity contribution in [2.45, 2.75) is 39.5 Å². The Labute approximate surface area is 130 Å². The standard InChI is InChI=1S/C14H26N2O2S2/c1-3-5-9-15-13(17)7-11-19-20-12-8-14(18)16-10-6-4-2/h3,5H,4,6-12H2,1-2H3,(H,15,17)(H,16,18)/b5-3+. The highest BCUT2D eigenvalue weighted by Gasteiger charge is 2.02. The molecule has 0 saturated heterocycles. The normalized spacial score (nSPS) is 10.7. The topological polar surface area (TPSA) is 58.2 Å². The Balaban J connectivity index is 3.31. The molecule has 0 aliphatic rings. The average Bonchev–Trinajstić information content (AvgIpc) is 2.43. The van der Waals surface area contributed by atoms with Crippen LogP contribution in [0.2, 0.25) is 0 Å². The van der Waals surface area contributed by atoms with Crippen molar-refractivity contribution in [3.63, 3.8) is 0 Å². The van der Waals surface area contributed by atoms with E-state index in [0.717, 1.165) is 30.9 Å². The van der Waals surface area contributed by atoms with Gasteiger partial charge in [-0.2, -0.15) is 0 Å². The first-order valence-corrected chi connectivity index (χ1v) is 9.58. The van der Waals surface area contributed by atoms with Crippen molar-refractivity contribution < 1.29 is 9.59 Å². The number of unbranched alkanes of at least 4 members (excludes halogenated alkanes) is 1. The Kier molecular flexibility index (Phi) is 14.3. The van der Waals surface area contributed by atoms with Gasteiger partial charge in [0.25, 0.3) is 0 Å². The minimum absolute atomic E-state index is 0.0773. The van der Waals surface area contributed by atoms with Gasteiger partial charge in [0.05, 0.1) is 0 Å². The Morgan fingerprint density at radius 2 is 1.65 bits per heavy atom. The van der Waals surface area contributed by atoms with Gasteiger partial charge in [0.2, 0.25) is 11.8 Å². The van der Waals surface area contributed by atoms with Crippen LogP contribution in [-0.4, -0.2) is 36.4 Å². The molecule has 0 atom stereocenters. The van der Waals surface area contributed by atoms with Crippen LogP contribution in [0, 0.1) is 0 Å². The maximum atomic E-state index is 11.4. The molecular weight excluding hydrogens is 292 g/mol. The molecule has 6 heteroatoms. The molecule has 0 aromatic rings. The van der Waals surface area contributed by atoms with E-state index in [1.54, 1.807) is 21.6 Å². The van der Waals surface area contributed by atoms with E-state index in [9.17, 15) is 9.59 Å². The molecule has 0 heterocycles. The van der Waals surface area contributed by atoms with Crippen LogP contribution < -0.4 is 10.6 Å². The van der Waals surface area contributed by atoms with Gasteiger partial charge in [-0.05, 0) is 13.3 Å². The molecule has 0 aliphatic carbocycles. The zero-order chi connectivity index (χ0) is 15.1. The first-order valence-electron chi connectivity index (χ1n) is 7.09. The molecule has 0 radical (unpaired) electrons. The van der Waals surface area contributed by atoms with Gasteiger partial charge in [-0.1, -0.05) is 47.1 Å². The van der Waals surface area contributed by atoms with E-state index in [4.69, 9.17) is 0 Å². The molecule has 2 N–H and O–H groups in total. The van der Waals surface area contributed by atoms with E-state index in [-0.39, 0.29) is 11.8 Å². The smallest absolute Gasteiger partial charge is 0.221 e. The summed E-state index contributed by atoms with van der Waals surface area (Å²) in [5.74, 6) is 1.77. The van der Waals surface area contributed by atoms with E-state index in [2.05, 4.69) is 17.6 Å². The monoisotopic (exact) mass is 318 g/mol. The lowest BCUT2D eigenvalue weighted by molar-refractivity contribution is -0.121. The number of carbonyl (C=O) groups excluding carboxylic acids is 2. The average molecular weight is 319 g/mol. The lowest BCUT2D eigenvalue weighted by atomic mass is 10.3. The first-order chi connectivity index (χ1) is 9.70. The van der Waals surface area contributed by atoms with Gasteiger partial charge in [0.1, 0.15) is 0 Å². The molecule has 0 bridgehead atoms. The first kappa shape index (κ1) is 19.4. The van der Waals surface area contributed by atoms with Crippen LogP contribution in [0.5, 0.6) is 0 Å². The van der Waals surface area contributed by atoms with E-state index < -0.39 is 0 Å². The number of nitrogens with one attached hydrogen (secondary N) is 2. The van der Waals surface area contributed by atoms with Crippen molar-refractivity contribution in [2.24, 2.45) is 0 Å². The molecule has 116 valence electrons. The number of rotatable bonds is 12. The van der Waals surface area contributed by atoms with Gasteiger partial charge in [-0.3, -0.25) is 9.59 Å². The van der Waals surface area contributed by atoms with E-state index in [1.165, 1.54) is 0 Å². The summed E-state index contributed by atoms with van der Waals surface area (Å²) in [6.07, 6.45) is 7.04. The number of hydrogen-bond acceptors (Lipinski definition) is 4. The fourth-order valence-electron chi connectivity index (χ4n) is 1.26. The zero-order valence-corrected chi connectivity index (χ0v) is 14.1. The molecule has 0 spiro atoms. The Morgan fingerprint density at radius 3 is 2.20 bits per heavy atom. The largest absolute Gasteiger partial charge is 0.356 e. The fraction of sp³-hybridized carbons (Fsp3) is 0.714. The third-order valence-corrected chi connectivity index (χ3v) is 4.82. The molecule has 0 fully saturated rings. The SMILES string of the molecule is C/C=C/CNC(=O)CCSSCCC(=O)NCCCC. The lowest BCUT2D eigenvalue weighted by Gasteiger charge is -2.04. The summed E-state index contributed by atoms with van der Waals surface area (Å²) in [5.41, 5.74) is 0. The molecule has 2 amide bonds. The van der Waals surface area contributed by atoms with Crippen molar-refractivity contribution in [1.82, 2.24) is 10.6 Å². The van der Waals surface area contributed by atoms with Crippen LogP contribution in [0.25, 0.3) is 0 Å². The van der Waals surface area contributed by atoms with Crippen LogP contribution in [-0.2, 0) is 9.59 Å². The maximum absolute atomic E-state index is 11.4. The van der Waals surface area contributed by atoms with Crippen molar-refractivity contribution in [3.05, 3.63) is 12.2 Å². The van der Waals surface area contributed by atoms with Gasteiger partial charge in [-0.25, -0.2) is 0 Å². The predicted molar refractivity (Wildman–Crippen MR) is 89.9 cm³/mol.